The van der Waals surface area contributed by atoms with Gasteiger partial charge in [0, 0.05) is 43.8 Å². The topological polar surface area (TPSA) is 58.1 Å². The molecule has 5 heteroatoms. The lowest BCUT2D eigenvalue weighted by molar-refractivity contribution is -0.120. The second-order valence-electron chi connectivity index (χ2n) is 4.97. The Morgan fingerprint density at radius 2 is 1.86 bits per heavy atom. The van der Waals surface area contributed by atoms with E-state index in [0.29, 0.717) is 13.0 Å². The third-order valence-corrected chi connectivity index (χ3v) is 3.52. The summed E-state index contributed by atoms with van der Waals surface area (Å²) >= 11 is 0. The molecule has 22 heavy (non-hydrogen) atoms. The fourth-order valence-corrected chi connectivity index (χ4v) is 2.32. The van der Waals surface area contributed by atoms with Gasteiger partial charge in [-0.05, 0) is 37.6 Å². The molecule has 0 aliphatic rings. The lowest BCUT2D eigenvalue weighted by Gasteiger charge is -2.22. The van der Waals surface area contributed by atoms with Crippen LogP contribution in [0.25, 0.3) is 0 Å². The predicted molar refractivity (Wildman–Crippen MR) is 87.6 cm³/mol. The first-order valence-electron chi connectivity index (χ1n) is 7.59. The Labute approximate surface area is 131 Å². The van der Waals surface area contributed by atoms with Gasteiger partial charge in [0.15, 0.2) is 0 Å². The minimum Gasteiger partial charge on any atom is -0.357 e. The van der Waals surface area contributed by atoms with E-state index in [4.69, 9.17) is 0 Å². The number of nitrogens with one attached hydrogen (secondary N) is 1. The second-order valence-corrected chi connectivity index (χ2v) is 4.97. The second kappa shape index (κ2) is 8.12. The van der Waals surface area contributed by atoms with Gasteiger partial charge in [0.25, 0.3) is 0 Å². The van der Waals surface area contributed by atoms with E-state index < -0.39 is 0 Å². The number of carbonyl (C=O) groups excluding carboxylic acids is 1. The Morgan fingerprint density at radius 1 is 1.14 bits per heavy atom. The molecule has 2 rings (SSSR count). The van der Waals surface area contributed by atoms with Crippen molar-refractivity contribution in [3.63, 3.8) is 0 Å². The van der Waals surface area contributed by atoms with Crippen molar-refractivity contribution in [2.75, 3.05) is 18.0 Å². The van der Waals surface area contributed by atoms with Gasteiger partial charge in [-0.15, -0.1) is 0 Å². The number of aromatic nitrogens is 2. The summed E-state index contributed by atoms with van der Waals surface area (Å²) in [5.74, 6) is 0.942. The molecule has 0 saturated carbocycles. The number of hydrogen-bond donors (Lipinski definition) is 1. The fraction of sp³-hybridized carbons (Fsp3) is 0.353. The Morgan fingerprint density at radius 3 is 2.55 bits per heavy atom. The molecule has 0 atom stereocenters. The van der Waals surface area contributed by atoms with Gasteiger partial charge in [0.05, 0.1) is 6.42 Å². The first kappa shape index (κ1) is 15.9. The van der Waals surface area contributed by atoms with Gasteiger partial charge in [0.1, 0.15) is 5.82 Å². The monoisotopic (exact) mass is 298 g/mol. The van der Waals surface area contributed by atoms with Gasteiger partial charge in [-0.2, -0.15) is 0 Å². The largest absolute Gasteiger partial charge is 0.357 e. The summed E-state index contributed by atoms with van der Waals surface area (Å²) in [4.78, 5) is 22.6. The minimum atomic E-state index is 0.000509. The van der Waals surface area contributed by atoms with Crippen LogP contribution in [-0.4, -0.2) is 29.0 Å². The molecule has 0 aromatic carbocycles. The van der Waals surface area contributed by atoms with Crippen molar-refractivity contribution in [3.05, 3.63) is 54.0 Å². The van der Waals surface area contributed by atoms with Crippen molar-refractivity contribution in [1.82, 2.24) is 15.3 Å². The number of amides is 1. The number of hydrogen-bond acceptors (Lipinski definition) is 4. The molecule has 0 unspecified atom stereocenters. The molecule has 2 heterocycles. The van der Waals surface area contributed by atoms with Crippen LogP contribution in [0, 0.1) is 0 Å². The Bertz CT molecular complexity index is 597. The van der Waals surface area contributed by atoms with Gasteiger partial charge in [-0.25, -0.2) is 4.98 Å². The standard InChI is InChI=1S/C17H22N4O/c1-3-21(4-2)17-15(6-5-9-19-17)13-20-16(22)12-14-7-10-18-11-8-14/h5-11H,3-4,12-13H2,1-2H3,(H,20,22). The first-order chi connectivity index (χ1) is 10.7. The van der Waals surface area contributed by atoms with Crippen LogP contribution in [-0.2, 0) is 17.8 Å². The summed E-state index contributed by atoms with van der Waals surface area (Å²) in [5.41, 5.74) is 2.00. The minimum absolute atomic E-state index is 0.000509. The van der Waals surface area contributed by atoms with Gasteiger partial charge in [0.2, 0.25) is 5.91 Å². The molecule has 0 aliphatic heterocycles. The van der Waals surface area contributed by atoms with Crippen LogP contribution in [0.1, 0.15) is 25.0 Å². The summed E-state index contributed by atoms with van der Waals surface area (Å²) in [6, 6.07) is 7.61. The number of anilines is 1. The van der Waals surface area contributed by atoms with E-state index in [1.54, 1.807) is 18.6 Å². The smallest absolute Gasteiger partial charge is 0.224 e. The zero-order chi connectivity index (χ0) is 15.8. The summed E-state index contributed by atoms with van der Waals surface area (Å²) in [7, 11) is 0. The van der Waals surface area contributed by atoms with Crippen LogP contribution in [0.4, 0.5) is 5.82 Å². The van der Waals surface area contributed by atoms with Crippen molar-refractivity contribution in [1.29, 1.82) is 0 Å². The van der Waals surface area contributed by atoms with Crippen molar-refractivity contribution >= 4 is 11.7 Å². The molecular weight excluding hydrogens is 276 g/mol. The fourth-order valence-electron chi connectivity index (χ4n) is 2.32. The molecule has 2 aromatic heterocycles. The summed E-state index contributed by atoms with van der Waals surface area (Å²) in [6.45, 7) is 6.48. The Kier molecular flexibility index (Phi) is 5.89. The zero-order valence-electron chi connectivity index (χ0n) is 13.1. The number of nitrogens with zero attached hydrogens (tertiary/aromatic N) is 3. The van der Waals surface area contributed by atoms with E-state index in [9.17, 15) is 4.79 Å². The molecule has 0 fully saturated rings. The van der Waals surface area contributed by atoms with Crippen molar-refractivity contribution < 1.29 is 4.79 Å². The SMILES string of the molecule is CCN(CC)c1ncccc1CNC(=O)Cc1ccncc1. The van der Waals surface area contributed by atoms with E-state index in [1.165, 1.54) is 0 Å². The average Bonchev–Trinajstić information content (AvgIpc) is 2.56. The van der Waals surface area contributed by atoms with E-state index >= 15 is 0 Å². The highest BCUT2D eigenvalue weighted by atomic mass is 16.1. The predicted octanol–water partition coefficient (Wildman–Crippen LogP) is 2.18. The molecule has 0 bridgehead atoms. The highest BCUT2D eigenvalue weighted by Crippen LogP contribution is 2.16. The van der Waals surface area contributed by atoms with Crippen LogP contribution < -0.4 is 10.2 Å². The lowest BCUT2D eigenvalue weighted by atomic mass is 10.2. The number of pyridine rings is 2. The molecule has 0 radical (unpaired) electrons. The maximum absolute atomic E-state index is 12.0. The molecule has 1 N–H and O–H groups in total. The first-order valence-corrected chi connectivity index (χ1v) is 7.59. The van der Waals surface area contributed by atoms with Gasteiger partial charge >= 0.3 is 0 Å². The van der Waals surface area contributed by atoms with Crippen molar-refractivity contribution in [2.24, 2.45) is 0 Å². The third-order valence-electron chi connectivity index (χ3n) is 3.52. The van der Waals surface area contributed by atoms with Crippen LogP contribution in [0.5, 0.6) is 0 Å². The quantitative estimate of drug-likeness (QED) is 0.851. The van der Waals surface area contributed by atoms with Crippen LogP contribution in [0.15, 0.2) is 42.9 Å². The highest BCUT2D eigenvalue weighted by molar-refractivity contribution is 5.78. The molecule has 1 amide bonds. The maximum Gasteiger partial charge on any atom is 0.224 e. The third kappa shape index (κ3) is 4.28. The molecule has 0 aliphatic carbocycles. The summed E-state index contributed by atoms with van der Waals surface area (Å²) < 4.78 is 0. The van der Waals surface area contributed by atoms with Gasteiger partial charge in [-0.1, -0.05) is 6.07 Å². The number of rotatable bonds is 7. The summed E-state index contributed by atoms with van der Waals surface area (Å²) in [6.07, 6.45) is 5.55. The normalized spacial score (nSPS) is 10.3. The zero-order valence-corrected chi connectivity index (χ0v) is 13.1. The lowest BCUT2D eigenvalue weighted by Crippen LogP contribution is -2.28. The van der Waals surface area contributed by atoms with E-state index in [0.717, 1.165) is 30.0 Å². The van der Waals surface area contributed by atoms with Crippen molar-refractivity contribution in [3.8, 4) is 0 Å². The van der Waals surface area contributed by atoms with Crippen LogP contribution in [0.3, 0.4) is 0 Å². The highest BCUT2D eigenvalue weighted by Gasteiger charge is 2.10. The average molecular weight is 298 g/mol. The van der Waals surface area contributed by atoms with Crippen LogP contribution >= 0.6 is 0 Å². The summed E-state index contributed by atoms with van der Waals surface area (Å²) in [5, 5.41) is 2.96. The Balaban J connectivity index is 1.98. The molecule has 5 nitrogen and oxygen atoms in total. The Hall–Kier alpha value is -2.43. The number of carbonyl (C=O) groups is 1. The van der Waals surface area contributed by atoms with Crippen LogP contribution in [0.2, 0.25) is 0 Å². The molecular formula is C17H22N4O. The van der Waals surface area contributed by atoms with Gasteiger partial charge in [-0.3, -0.25) is 9.78 Å². The van der Waals surface area contributed by atoms with E-state index in [2.05, 4.69) is 34.0 Å². The van der Waals surface area contributed by atoms with E-state index in [1.807, 2.05) is 24.3 Å². The van der Waals surface area contributed by atoms with Gasteiger partial charge < -0.3 is 10.2 Å². The maximum atomic E-state index is 12.0. The molecule has 116 valence electrons. The molecule has 0 saturated heterocycles. The molecule has 0 spiro atoms. The molecule has 2 aromatic rings. The van der Waals surface area contributed by atoms with Crippen molar-refractivity contribution in [2.45, 2.75) is 26.8 Å². The van der Waals surface area contributed by atoms with E-state index in [-0.39, 0.29) is 5.91 Å².